The molecule has 492 valence electrons. The summed E-state index contributed by atoms with van der Waals surface area (Å²) in [7, 11) is 3.26. The zero-order valence-electron chi connectivity index (χ0n) is 56.6. The third-order valence-electron chi connectivity index (χ3n) is 18.0. The van der Waals surface area contributed by atoms with Crippen LogP contribution in [-0.2, 0) is 36.7 Å². The third kappa shape index (κ3) is 19.7. The molecule has 14 nitrogen and oxygen atoms in total. The maximum atomic E-state index is 16.1. The number of aldehydes is 1. The molecule has 10 rings (SSSR count). The summed E-state index contributed by atoms with van der Waals surface area (Å²) < 4.78 is 47.6. The number of phenolic OH excluding ortho intramolecular Hbond substituents is 1. The van der Waals surface area contributed by atoms with E-state index in [9.17, 15) is 19.1 Å². The number of halogens is 2. The van der Waals surface area contributed by atoms with Crippen LogP contribution in [-0.4, -0.2) is 115 Å². The molecule has 7 atom stereocenters. The maximum absolute atomic E-state index is 16.1. The van der Waals surface area contributed by atoms with Gasteiger partial charge in [0.05, 0.1) is 31.2 Å². The Morgan fingerprint density at radius 2 is 1.63 bits per heavy atom. The van der Waals surface area contributed by atoms with Crippen LogP contribution < -0.4 is 19.9 Å². The molecule has 16 heteroatoms. The Kier molecular flexibility index (Phi) is 31.4. The monoisotopic (exact) mass is 1230 g/mol. The summed E-state index contributed by atoms with van der Waals surface area (Å²) in [5, 5.41) is 15.1. The highest BCUT2D eigenvalue weighted by Crippen LogP contribution is 2.42. The minimum absolute atomic E-state index is 0.00702. The van der Waals surface area contributed by atoms with Crippen molar-refractivity contribution in [2.24, 2.45) is 11.8 Å². The number of anilines is 2. The number of nitrogens with one attached hydrogen (secondary N) is 1. The van der Waals surface area contributed by atoms with Crippen LogP contribution in [0, 0.1) is 23.5 Å². The number of phenols is 1. The Hall–Kier alpha value is -6.10. The van der Waals surface area contributed by atoms with E-state index in [0.717, 1.165) is 133 Å². The van der Waals surface area contributed by atoms with Gasteiger partial charge in [0.2, 0.25) is 12.3 Å². The van der Waals surface area contributed by atoms with Crippen LogP contribution in [0.15, 0.2) is 59.9 Å². The fourth-order valence-corrected chi connectivity index (χ4v) is 13.1. The van der Waals surface area contributed by atoms with Gasteiger partial charge in [0, 0.05) is 68.5 Å². The summed E-state index contributed by atoms with van der Waals surface area (Å²) in [6.45, 7) is 29.4. The van der Waals surface area contributed by atoms with Gasteiger partial charge in [-0.15, -0.1) is 0 Å². The van der Waals surface area contributed by atoms with Crippen LogP contribution in [0.3, 0.4) is 0 Å². The number of nitrogens with zero attached hydrogens (tertiary/aromatic N) is 6. The molecule has 4 saturated heterocycles. The number of fused-ring (bicyclic) bond motifs is 3. The smallest absolute Gasteiger partial charge is 0.318 e. The number of aromatic nitrogens is 3. The Morgan fingerprint density at radius 3 is 2.28 bits per heavy atom. The number of benzene rings is 3. The van der Waals surface area contributed by atoms with Gasteiger partial charge in [0.15, 0.2) is 5.82 Å². The second-order valence-corrected chi connectivity index (χ2v) is 24.1. The normalized spacial score (nSPS) is 19.5. The van der Waals surface area contributed by atoms with Crippen molar-refractivity contribution in [3.05, 3.63) is 88.3 Å². The zero-order valence-corrected chi connectivity index (χ0v) is 56.6. The number of hydrogen-bond donors (Lipinski definition) is 2. The largest absolute Gasteiger partial charge is 0.508 e. The van der Waals surface area contributed by atoms with Crippen molar-refractivity contribution in [3.8, 4) is 23.0 Å². The van der Waals surface area contributed by atoms with Gasteiger partial charge in [-0.05, 0) is 191 Å². The maximum Gasteiger partial charge on any atom is 0.318 e. The molecule has 5 aliphatic rings. The highest BCUT2D eigenvalue weighted by molar-refractivity contribution is 6.02. The number of amides is 2. The van der Waals surface area contributed by atoms with Crippen molar-refractivity contribution in [1.29, 1.82) is 0 Å². The molecular formula is C73H109F2N7O7. The molecule has 5 fully saturated rings. The number of rotatable bonds is 22. The second-order valence-electron chi connectivity index (χ2n) is 24.1. The first-order chi connectivity index (χ1) is 43.2. The minimum Gasteiger partial charge on any atom is -0.508 e. The Bertz CT molecular complexity index is 3040. The number of piperidine rings is 2. The Labute approximate surface area is 532 Å². The van der Waals surface area contributed by atoms with E-state index in [-0.39, 0.29) is 40.7 Å². The number of allylic oxidation sites excluding steroid dienone is 1. The van der Waals surface area contributed by atoms with Crippen molar-refractivity contribution in [2.45, 2.75) is 235 Å². The molecule has 7 unspecified atom stereocenters. The summed E-state index contributed by atoms with van der Waals surface area (Å²) in [6.07, 6.45) is 23.8. The molecule has 2 amide bonds. The first kappa shape index (κ1) is 73.6. The van der Waals surface area contributed by atoms with Gasteiger partial charge < -0.3 is 39.2 Å². The summed E-state index contributed by atoms with van der Waals surface area (Å²) >= 11 is 0. The van der Waals surface area contributed by atoms with E-state index < -0.39 is 5.82 Å². The van der Waals surface area contributed by atoms with Gasteiger partial charge in [-0.25, -0.2) is 8.78 Å². The van der Waals surface area contributed by atoms with E-state index in [1.54, 1.807) is 12.3 Å². The summed E-state index contributed by atoms with van der Waals surface area (Å²) in [6, 6.07) is 13.9. The first-order valence-corrected chi connectivity index (χ1v) is 33.9. The van der Waals surface area contributed by atoms with Gasteiger partial charge in [0.1, 0.15) is 34.9 Å². The predicted molar refractivity (Wildman–Crippen MR) is 360 cm³/mol. The molecule has 4 aliphatic heterocycles. The molecule has 3 aromatic carbocycles. The lowest BCUT2D eigenvalue weighted by atomic mass is 9.88. The molecule has 2 aromatic heterocycles. The third-order valence-corrected chi connectivity index (χ3v) is 18.0. The summed E-state index contributed by atoms with van der Waals surface area (Å²) in [5.74, 6) is 1.15. The van der Waals surface area contributed by atoms with Crippen molar-refractivity contribution in [2.75, 3.05) is 56.9 Å². The number of methoxy groups -OCH3 is 2. The number of carbonyl (C=O) groups excluding carboxylic acids is 3. The number of hydrogen-bond acceptors (Lipinski definition) is 12. The standard InChI is InChI=1S/C32H50N2O3.C26H26F2N4O2.C9H17NO.C2H4O.2C2H6/c1-6-11-27(18-15-23(4)7-2)37-21-10-13-25-12-9-14-28(31(25)24(5)8-3)34(22-35)29-19-20-30(36)33-32(29)26-16-17-26;1-4-17-20(27)8-7-15-10-16(33)11-18(21(15)17)23-22(28)24-19(12-29-23)25(31-26(30-24)34-3)32-9-5-6-14(2)13-32;1-11-7-9-5-4-8-3-2-6-10(8)9;1-2-3;2*1-2/h9,12,14,22-24,27,29H,6-8,10-11,13,15-21H2,1-5H3,(H,33,36);7-8,10-12,14,33H,4-6,9,13H2,1-3H3;8-9H,2-7H2,1H3;2H,1H3;2*1-2H3. The fourth-order valence-electron chi connectivity index (χ4n) is 13.1. The van der Waals surface area contributed by atoms with Gasteiger partial charge in [-0.2, -0.15) is 9.97 Å². The average molecular weight is 1230 g/mol. The topological polar surface area (TPSA) is 160 Å². The number of aromatic hydroxyl groups is 1. The first-order valence-electron chi connectivity index (χ1n) is 33.9. The molecule has 1 aliphatic carbocycles. The molecule has 0 bridgehead atoms. The van der Waals surface area contributed by atoms with E-state index in [0.29, 0.717) is 70.3 Å². The Balaban J connectivity index is 0.000000254. The van der Waals surface area contributed by atoms with Crippen LogP contribution in [0.1, 0.15) is 215 Å². The van der Waals surface area contributed by atoms with E-state index in [1.807, 2.05) is 46.6 Å². The quantitative estimate of drug-likeness (QED) is 0.0500. The number of carbonyl (C=O) groups is 3. The highest BCUT2D eigenvalue weighted by Gasteiger charge is 2.37. The van der Waals surface area contributed by atoms with E-state index in [2.05, 4.69) is 89.8 Å². The molecule has 0 spiro atoms. The summed E-state index contributed by atoms with van der Waals surface area (Å²) in [4.78, 5) is 53.4. The van der Waals surface area contributed by atoms with Crippen LogP contribution in [0.5, 0.6) is 11.8 Å². The molecule has 6 heterocycles. The molecular weight excluding hydrogens is 1120 g/mol. The minimum atomic E-state index is -0.664. The van der Waals surface area contributed by atoms with Gasteiger partial charge in [-0.1, -0.05) is 107 Å². The number of aryl methyl sites for hydroxylation is 2. The average Bonchev–Trinajstić information content (AvgIpc) is 1.78. The molecule has 2 N–H and O–H groups in total. The van der Waals surface area contributed by atoms with Crippen molar-refractivity contribution in [1.82, 2.24) is 25.2 Å². The van der Waals surface area contributed by atoms with E-state index in [1.165, 1.54) is 94.0 Å². The lowest BCUT2D eigenvalue weighted by Gasteiger charge is -2.36. The van der Waals surface area contributed by atoms with Crippen molar-refractivity contribution in [3.63, 3.8) is 0 Å². The van der Waals surface area contributed by atoms with Crippen LogP contribution in [0.2, 0.25) is 0 Å². The summed E-state index contributed by atoms with van der Waals surface area (Å²) in [5.41, 5.74) is 6.68. The lowest BCUT2D eigenvalue weighted by molar-refractivity contribution is -0.121. The van der Waals surface area contributed by atoms with Gasteiger partial charge in [-0.3, -0.25) is 19.5 Å². The molecule has 0 radical (unpaired) electrons. The number of ether oxygens (including phenoxy) is 3. The van der Waals surface area contributed by atoms with Gasteiger partial charge in [0.25, 0.3) is 0 Å². The van der Waals surface area contributed by atoms with E-state index >= 15 is 4.39 Å². The van der Waals surface area contributed by atoms with Crippen molar-refractivity contribution >= 4 is 51.8 Å². The molecule has 89 heavy (non-hydrogen) atoms. The fraction of sp³-hybridized carbons (Fsp3) is 0.616. The molecule has 1 saturated carbocycles. The van der Waals surface area contributed by atoms with Crippen LogP contribution in [0.25, 0.3) is 32.9 Å². The van der Waals surface area contributed by atoms with Gasteiger partial charge >= 0.3 is 6.01 Å². The van der Waals surface area contributed by atoms with Crippen LogP contribution >= 0.6 is 0 Å². The zero-order chi connectivity index (χ0) is 65.2. The SMILES string of the molecule is CC.CC.CC=O.CCCC(CCC(C)CC)OCCCc1cccc(N(C=O)C2CCC(=O)NC2=C2CC2)c1C(C)CC.CCc1c(F)ccc2cc(O)cc(-c3ncc4c(N5CCCC(C)C5)nc(OC)nc4c3F)c12.COCC1CCC2CCCN21. The molecule has 5 aromatic rings. The van der Waals surface area contributed by atoms with E-state index in [4.69, 9.17) is 19.0 Å². The highest BCUT2D eigenvalue weighted by atomic mass is 19.1. The predicted octanol–water partition coefficient (Wildman–Crippen LogP) is 16.6. The number of pyridine rings is 1. The second kappa shape index (κ2) is 37.9. The van der Waals surface area contributed by atoms with Crippen molar-refractivity contribution < 1.29 is 42.5 Å². The Morgan fingerprint density at radius 1 is 0.888 bits per heavy atom. The van der Waals surface area contributed by atoms with Crippen LogP contribution in [0.4, 0.5) is 20.3 Å². The lowest BCUT2D eigenvalue weighted by Crippen LogP contribution is -2.46.